The Morgan fingerprint density at radius 1 is 1.56 bits per heavy atom. The third-order valence-corrected chi connectivity index (χ3v) is 4.17. The van der Waals surface area contributed by atoms with E-state index in [0.29, 0.717) is 28.0 Å². The number of halogens is 2. The fraction of sp³-hybridized carbons (Fsp3) is 0.273. The van der Waals surface area contributed by atoms with Crippen molar-refractivity contribution in [1.82, 2.24) is 0 Å². The Hall–Kier alpha value is -1.27. The molecule has 1 aliphatic rings. The Morgan fingerprint density at radius 3 is 2.72 bits per heavy atom. The minimum Gasteiger partial charge on any atom is -0.409 e. The molecule has 1 fully saturated rings. The molecule has 0 bridgehead atoms. The first-order valence-electron chi connectivity index (χ1n) is 5.24. The summed E-state index contributed by atoms with van der Waals surface area (Å²) in [6, 6.07) is 5.06. The van der Waals surface area contributed by atoms with Crippen molar-refractivity contribution >= 4 is 45.0 Å². The molecular formula is C11H11BrClN3O2. The first kappa shape index (κ1) is 13.2. The van der Waals surface area contributed by atoms with Crippen molar-refractivity contribution in [2.24, 2.45) is 16.3 Å². The first-order valence-corrected chi connectivity index (χ1v) is 6.41. The highest BCUT2D eigenvalue weighted by molar-refractivity contribution is 9.10. The van der Waals surface area contributed by atoms with Crippen LogP contribution in [0.3, 0.4) is 0 Å². The van der Waals surface area contributed by atoms with Gasteiger partial charge in [0.05, 0.1) is 5.02 Å². The number of anilines is 1. The van der Waals surface area contributed by atoms with Crippen molar-refractivity contribution < 1.29 is 10.0 Å². The summed E-state index contributed by atoms with van der Waals surface area (Å²) < 4.78 is 0.690. The molecule has 18 heavy (non-hydrogen) atoms. The van der Waals surface area contributed by atoms with Gasteiger partial charge in [0.1, 0.15) is 5.41 Å². The van der Waals surface area contributed by atoms with E-state index in [1.807, 2.05) is 0 Å². The molecule has 0 unspecified atom stereocenters. The number of oxime groups is 1. The fourth-order valence-corrected chi connectivity index (χ4v) is 2.14. The maximum absolute atomic E-state index is 12.1. The molecule has 0 radical (unpaired) electrons. The SMILES string of the molecule is N/C(=N/O)C1(C(=O)Nc2ccc(Cl)c(Br)c2)CC1. The number of nitrogens with one attached hydrogen (secondary N) is 1. The molecule has 1 aromatic carbocycles. The summed E-state index contributed by atoms with van der Waals surface area (Å²) in [7, 11) is 0. The van der Waals surface area contributed by atoms with E-state index in [2.05, 4.69) is 26.4 Å². The molecule has 5 nitrogen and oxygen atoms in total. The number of hydrogen-bond acceptors (Lipinski definition) is 3. The van der Waals surface area contributed by atoms with Crippen LogP contribution in [0.25, 0.3) is 0 Å². The molecule has 4 N–H and O–H groups in total. The number of nitrogens with zero attached hydrogens (tertiary/aromatic N) is 1. The molecule has 0 heterocycles. The second kappa shape index (κ2) is 4.78. The monoisotopic (exact) mass is 331 g/mol. The lowest BCUT2D eigenvalue weighted by atomic mass is 10.1. The molecule has 1 aliphatic carbocycles. The van der Waals surface area contributed by atoms with Gasteiger partial charge in [0.25, 0.3) is 0 Å². The van der Waals surface area contributed by atoms with Crippen LogP contribution in [0.5, 0.6) is 0 Å². The van der Waals surface area contributed by atoms with Crippen molar-refractivity contribution in [2.75, 3.05) is 5.32 Å². The quantitative estimate of drug-likeness (QED) is 0.344. The van der Waals surface area contributed by atoms with Gasteiger partial charge in [-0.05, 0) is 47.0 Å². The number of benzene rings is 1. The molecule has 1 aromatic rings. The summed E-state index contributed by atoms with van der Waals surface area (Å²) >= 11 is 9.13. The number of carbonyl (C=O) groups excluding carboxylic acids is 1. The average Bonchev–Trinajstić information content (AvgIpc) is 3.14. The van der Waals surface area contributed by atoms with Crippen LogP contribution in [0.15, 0.2) is 27.8 Å². The van der Waals surface area contributed by atoms with Crippen LogP contribution >= 0.6 is 27.5 Å². The smallest absolute Gasteiger partial charge is 0.238 e. The second-order valence-corrected chi connectivity index (χ2v) is 5.41. The maximum Gasteiger partial charge on any atom is 0.238 e. The fourth-order valence-electron chi connectivity index (χ4n) is 1.64. The van der Waals surface area contributed by atoms with Gasteiger partial charge in [-0.1, -0.05) is 16.8 Å². The molecule has 0 aliphatic heterocycles. The average molecular weight is 333 g/mol. The lowest BCUT2D eigenvalue weighted by Crippen LogP contribution is -2.36. The predicted molar refractivity (Wildman–Crippen MR) is 72.9 cm³/mol. The molecule has 7 heteroatoms. The van der Waals surface area contributed by atoms with Crippen LogP contribution in [-0.2, 0) is 4.79 Å². The molecule has 0 atom stereocenters. The van der Waals surface area contributed by atoms with E-state index in [0.717, 1.165) is 0 Å². The lowest BCUT2D eigenvalue weighted by Gasteiger charge is -2.13. The lowest BCUT2D eigenvalue weighted by molar-refractivity contribution is -0.119. The number of amides is 1. The summed E-state index contributed by atoms with van der Waals surface area (Å²) in [6.45, 7) is 0. The van der Waals surface area contributed by atoms with Gasteiger partial charge in [0.15, 0.2) is 5.84 Å². The van der Waals surface area contributed by atoms with Crippen LogP contribution in [0.1, 0.15) is 12.8 Å². The van der Waals surface area contributed by atoms with Crippen molar-refractivity contribution in [1.29, 1.82) is 0 Å². The topological polar surface area (TPSA) is 87.7 Å². The van der Waals surface area contributed by atoms with Crippen molar-refractivity contribution in [3.05, 3.63) is 27.7 Å². The molecule has 0 aromatic heterocycles. The summed E-state index contributed by atoms with van der Waals surface area (Å²) in [5, 5.41) is 14.9. The number of carbonyl (C=O) groups is 1. The summed E-state index contributed by atoms with van der Waals surface area (Å²) in [5.41, 5.74) is 5.28. The highest BCUT2D eigenvalue weighted by Gasteiger charge is 2.54. The highest BCUT2D eigenvalue weighted by Crippen LogP contribution is 2.46. The van der Waals surface area contributed by atoms with Crippen LogP contribution in [0.4, 0.5) is 5.69 Å². The molecule has 1 saturated carbocycles. The van der Waals surface area contributed by atoms with Crippen molar-refractivity contribution in [3.63, 3.8) is 0 Å². The largest absolute Gasteiger partial charge is 0.409 e. The minimum absolute atomic E-state index is 0.0481. The number of rotatable bonds is 3. The molecular weight excluding hydrogens is 321 g/mol. The summed E-state index contributed by atoms with van der Waals surface area (Å²) in [6.07, 6.45) is 1.17. The minimum atomic E-state index is -0.860. The van der Waals surface area contributed by atoms with Gasteiger partial charge in [0.2, 0.25) is 5.91 Å². The van der Waals surface area contributed by atoms with E-state index in [1.54, 1.807) is 18.2 Å². The van der Waals surface area contributed by atoms with Crippen molar-refractivity contribution in [2.45, 2.75) is 12.8 Å². The van der Waals surface area contributed by atoms with Crippen molar-refractivity contribution in [3.8, 4) is 0 Å². The summed E-state index contributed by atoms with van der Waals surface area (Å²) in [5.74, 6) is -0.319. The predicted octanol–water partition coefficient (Wildman–Crippen LogP) is 2.57. The van der Waals surface area contributed by atoms with Gasteiger partial charge in [-0.3, -0.25) is 4.79 Å². The first-order chi connectivity index (χ1) is 8.49. The van der Waals surface area contributed by atoms with E-state index in [-0.39, 0.29) is 11.7 Å². The van der Waals surface area contributed by atoms with Crippen LogP contribution in [0, 0.1) is 5.41 Å². The molecule has 1 amide bonds. The van der Waals surface area contributed by atoms with E-state index in [1.165, 1.54) is 0 Å². The van der Waals surface area contributed by atoms with E-state index >= 15 is 0 Å². The number of hydrogen-bond donors (Lipinski definition) is 3. The van der Waals surface area contributed by atoms with Gasteiger partial charge in [-0.2, -0.15) is 0 Å². The third kappa shape index (κ3) is 2.30. The number of nitrogens with two attached hydrogens (primary N) is 1. The van der Waals surface area contributed by atoms with E-state index in [4.69, 9.17) is 22.5 Å². The second-order valence-electron chi connectivity index (χ2n) is 4.15. The van der Waals surface area contributed by atoms with E-state index in [9.17, 15) is 4.79 Å². The molecule has 0 spiro atoms. The summed E-state index contributed by atoms with van der Waals surface area (Å²) in [4.78, 5) is 12.1. The third-order valence-electron chi connectivity index (χ3n) is 2.96. The van der Waals surface area contributed by atoms with Crippen LogP contribution < -0.4 is 11.1 Å². The zero-order valence-electron chi connectivity index (χ0n) is 9.28. The Bertz CT molecular complexity index is 529. The van der Waals surface area contributed by atoms with Gasteiger partial charge in [-0.25, -0.2) is 0 Å². The zero-order chi connectivity index (χ0) is 13.3. The molecule has 2 rings (SSSR count). The normalized spacial score (nSPS) is 17.3. The van der Waals surface area contributed by atoms with Gasteiger partial charge >= 0.3 is 0 Å². The maximum atomic E-state index is 12.1. The number of amidine groups is 1. The van der Waals surface area contributed by atoms with Gasteiger partial charge in [-0.15, -0.1) is 0 Å². The Morgan fingerprint density at radius 2 is 2.22 bits per heavy atom. The highest BCUT2D eigenvalue weighted by atomic mass is 79.9. The van der Waals surface area contributed by atoms with Crippen LogP contribution in [0.2, 0.25) is 5.02 Å². The van der Waals surface area contributed by atoms with Gasteiger partial charge in [0, 0.05) is 10.2 Å². The van der Waals surface area contributed by atoms with Gasteiger partial charge < -0.3 is 16.3 Å². The Balaban J connectivity index is 2.15. The zero-order valence-corrected chi connectivity index (χ0v) is 11.6. The molecule has 96 valence electrons. The Kier molecular flexibility index (Phi) is 3.49. The van der Waals surface area contributed by atoms with E-state index < -0.39 is 5.41 Å². The standard InChI is InChI=1S/C11H11BrClN3O2/c12-7-5-6(1-2-8(7)13)15-10(17)11(3-4-11)9(14)16-18/h1-2,5,18H,3-4H2,(H2,14,16)(H,15,17). The van der Waals surface area contributed by atoms with Crippen LogP contribution in [-0.4, -0.2) is 17.0 Å². The Labute approximate surface area is 117 Å². The molecule has 0 saturated heterocycles.